The summed E-state index contributed by atoms with van der Waals surface area (Å²) in [5, 5.41) is 0. The van der Waals surface area contributed by atoms with Crippen LogP contribution in [0.25, 0.3) is 12.2 Å². The first-order valence-corrected chi connectivity index (χ1v) is 4.63. The topological polar surface area (TPSA) is 13.1 Å². The lowest BCUT2D eigenvalue weighted by Crippen LogP contribution is -1.72. The van der Waals surface area contributed by atoms with Crippen LogP contribution in [0, 0.1) is 6.92 Å². The average molecular weight is 184 g/mol. The molecule has 0 N–H and O–H groups in total. The fraction of sp³-hybridized carbons (Fsp3) is 0.0769. The Labute approximate surface area is 83.7 Å². The zero-order chi connectivity index (χ0) is 9.80. The van der Waals surface area contributed by atoms with Gasteiger partial charge in [-0.15, -0.1) is 0 Å². The number of hydrogen-bond donors (Lipinski definition) is 0. The second-order valence-electron chi connectivity index (χ2n) is 3.26. The summed E-state index contributed by atoms with van der Waals surface area (Å²) in [7, 11) is 0. The van der Waals surface area contributed by atoms with Gasteiger partial charge < -0.3 is 4.42 Å². The molecule has 0 aliphatic rings. The van der Waals surface area contributed by atoms with Gasteiger partial charge in [0.1, 0.15) is 5.76 Å². The van der Waals surface area contributed by atoms with E-state index in [0.29, 0.717) is 0 Å². The molecule has 0 saturated carbocycles. The molecule has 1 nitrogen and oxygen atoms in total. The molecule has 0 radical (unpaired) electrons. The molecule has 0 aliphatic carbocycles. The molecule has 2 aromatic rings. The molecule has 70 valence electrons. The first-order valence-electron chi connectivity index (χ1n) is 4.63. The summed E-state index contributed by atoms with van der Waals surface area (Å²) in [5.41, 5.74) is 2.46. The van der Waals surface area contributed by atoms with Crippen LogP contribution in [0.2, 0.25) is 0 Å². The maximum atomic E-state index is 5.19. The van der Waals surface area contributed by atoms with Crippen molar-refractivity contribution in [1.29, 1.82) is 0 Å². The second-order valence-corrected chi connectivity index (χ2v) is 3.26. The van der Waals surface area contributed by atoms with Gasteiger partial charge in [-0.3, -0.25) is 0 Å². The Morgan fingerprint density at radius 1 is 1.00 bits per heavy atom. The highest BCUT2D eigenvalue weighted by molar-refractivity contribution is 5.67. The molecular formula is C13H12O. The smallest absolute Gasteiger partial charge is 0.126 e. The number of aryl methyl sites for hydroxylation is 1. The van der Waals surface area contributed by atoms with Crippen molar-refractivity contribution in [3.63, 3.8) is 0 Å². The van der Waals surface area contributed by atoms with Gasteiger partial charge >= 0.3 is 0 Å². The van der Waals surface area contributed by atoms with Crippen LogP contribution >= 0.6 is 0 Å². The van der Waals surface area contributed by atoms with E-state index in [0.717, 1.165) is 5.76 Å². The molecule has 0 fully saturated rings. The fourth-order valence-electron chi connectivity index (χ4n) is 1.24. The highest BCUT2D eigenvalue weighted by atomic mass is 16.3. The van der Waals surface area contributed by atoms with Crippen molar-refractivity contribution >= 4 is 12.2 Å². The minimum atomic E-state index is 0.880. The molecule has 1 heterocycles. The Balaban J connectivity index is 2.15. The van der Waals surface area contributed by atoms with Gasteiger partial charge in [-0.25, -0.2) is 0 Å². The monoisotopic (exact) mass is 184 g/mol. The first kappa shape index (κ1) is 8.82. The normalized spacial score (nSPS) is 10.9. The third kappa shape index (κ3) is 2.13. The summed E-state index contributed by atoms with van der Waals surface area (Å²) in [6.45, 7) is 2.08. The molecule has 0 aliphatic heterocycles. The molecule has 1 aromatic heterocycles. The Morgan fingerprint density at radius 2 is 1.79 bits per heavy atom. The molecule has 0 unspecified atom stereocenters. The van der Waals surface area contributed by atoms with E-state index in [9.17, 15) is 0 Å². The van der Waals surface area contributed by atoms with Crippen molar-refractivity contribution in [2.45, 2.75) is 6.92 Å². The minimum Gasteiger partial charge on any atom is -0.465 e. The van der Waals surface area contributed by atoms with Crippen LogP contribution < -0.4 is 0 Å². The number of hydrogen-bond acceptors (Lipinski definition) is 1. The van der Waals surface area contributed by atoms with Crippen molar-refractivity contribution in [2.75, 3.05) is 0 Å². The molecule has 0 atom stereocenters. The molecule has 0 spiro atoms. The highest BCUT2D eigenvalue weighted by Crippen LogP contribution is 2.09. The summed E-state index contributed by atoms with van der Waals surface area (Å²) in [5.74, 6) is 0.880. The lowest BCUT2D eigenvalue weighted by molar-refractivity contribution is 0.557. The van der Waals surface area contributed by atoms with E-state index in [1.54, 1.807) is 6.26 Å². The van der Waals surface area contributed by atoms with Gasteiger partial charge in [-0.05, 0) is 30.7 Å². The van der Waals surface area contributed by atoms with Gasteiger partial charge in [0.25, 0.3) is 0 Å². The van der Waals surface area contributed by atoms with Crippen LogP contribution in [0.15, 0.2) is 47.1 Å². The lowest BCUT2D eigenvalue weighted by atomic mass is 10.1. The minimum absolute atomic E-state index is 0.880. The summed E-state index contributed by atoms with van der Waals surface area (Å²) in [6, 6.07) is 12.2. The van der Waals surface area contributed by atoms with Crippen molar-refractivity contribution in [3.05, 3.63) is 59.5 Å². The molecule has 1 heteroatoms. The molecule has 2 rings (SSSR count). The van der Waals surface area contributed by atoms with E-state index in [2.05, 4.69) is 31.2 Å². The predicted molar refractivity (Wildman–Crippen MR) is 58.8 cm³/mol. The zero-order valence-corrected chi connectivity index (χ0v) is 8.10. The van der Waals surface area contributed by atoms with Crippen LogP contribution in [-0.4, -0.2) is 0 Å². The van der Waals surface area contributed by atoms with E-state index >= 15 is 0 Å². The van der Waals surface area contributed by atoms with E-state index < -0.39 is 0 Å². The SMILES string of the molecule is Cc1ccc(C=Cc2ccco2)cc1. The van der Waals surface area contributed by atoms with Gasteiger partial charge in [0.05, 0.1) is 6.26 Å². The van der Waals surface area contributed by atoms with Crippen molar-refractivity contribution in [1.82, 2.24) is 0 Å². The Kier molecular flexibility index (Phi) is 2.50. The fourth-order valence-corrected chi connectivity index (χ4v) is 1.24. The molecular weight excluding hydrogens is 172 g/mol. The lowest BCUT2D eigenvalue weighted by Gasteiger charge is -1.93. The maximum Gasteiger partial charge on any atom is 0.126 e. The second kappa shape index (κ2) is 3.97. The number of furan rings is 1. The van der Waals surface area contributed by atoms with E-state index in [1.165, 1.54) is 11.1 Å². The number of benzene rings is 1. The summed E-state index contributed by atoms with van der Waals surface area (Å²) in [4.78, 5) is 0. The van der Waals surface area contributed by atoms with Crippen LogP contribution in [0.4, 0.5) is 0 Å². The largest absolute Gasteiger partial charge is 0.465 e. The highest BCUT2D eigenvalue weighted by Gasteiger charge is 1.89. The van der Waals surface area contributed by atoms with Gasteiger partial charge in [-0.1, -0.05) is 35.9 Å². The number of rotatable bonds is 2. The predicted octanol–water partition coefficient (Wildman–Crippen LogP) is 3.76. The summed E-state index contributed by atoms with van der Waals surface area (Å²) >= 11 is 0. The molecule has 14 heavy (non-hydrogen) atoms. The average Bonchev–Trinajstić information content (AvgIpc) is 2.70. The van der Waals surface area contributed by atoms with Gasteiger partial charge in [0.2, 0.25) is 0 Å². The zero-order valence-electron chi connectivity index (χ0n) is 8.10. The third-order valence-electron chi connectivity index (χ3n) is 2.06. The molecule has 1 aromatic carbocycles. The van der Waals surface area contributed by atoms with Crippen molar-refractivity contribution in [2.24, 2.45) is 0 Å². The van der Waals surface area contributed by atoms with Crippen molar-refractivity contribution in [3.8, 4) is 0 Å². The van der Waals surface area contributed by atoms with Gasteiger partial charge in [-0.2, -0.15) is 0 Å². The van der Waals surface area contributed by atoms with E-state index in [-0.39, 0.29) is 0 Å². The Morgan fingerprint density at radius 3 is 2.43 bits per heavy atom. The maximum absolute atomic E-state index is 5.19. The Hall–Kier alpha value is -1.76. The third-order valence-corrected chi connectivity index (χ3v) is 2.06. The molecule has 0 saturated heterocycles. The quantitative estimate of drug-likeness (QED) is 0.692. The standard InChI is InChI=1S/C13H12O/c1-11-4-6-12(7-5-11)8-9-13-3-2-10-14-13/h2-10H,1H3. The van der Waals surface area contributed by atoms with E-state index in [1.807, 2.05) is 24.3 Å². The van der Waals surface area contributed by atoms with Gasteiger partial charge in [0, 0.05) is 0 Å². The summed E-state index contributed by atoms with van der Waals surface area (Å²) < 4.78 is 5.19. The molecule has 0 bridgehead atoms. The first-order chi connectivity index (χ1) is 6.84. The summed E-state index contributed by atoms with van der Waals surface area (Å²) in [6.07, 6.45) is 5.68. The van der Waals surface area contributed by atoms with Gasteiger partial charge in [0.15, 0.2) is 0 Å². The Bertz CT molecular complexity index is 407. The van der Waals surface area contributed by atoms with Crippen molar-refractivity contribution < 1.29 is 4.42 Å². The molecule has 0 amide bonds. The van der Waals surface area contributed by atoms with Crippen LogP contribution in [0.3, 0.4) is 0 Å². The van der Waals surface area contributed by atoms with Crippen LogP contribution in [0.5, 0.6) is 0 Å². The van der Waals surface area contributed by atoms with Crippen LogP contribution in [-0.2, 0) is 0 Å². The van der Waals surface area contributed by atoms with Crippen LogP contribution in [0.1, 0.15) is 16.9 Å². The van der Waals surface area contributed by atoms with E-state index in [4.69, 9.17) is 4.42 Å².